The standard InChI is InChI=1S/C16H22N4O2S/c1-21-6-3-11-9-20(5-7-22-11)15-14-12-2-4-17-8-13(12)23-16(14)19-10-18-15/h10-11,17H,2-9H2,1H3. The SMILES string of the molecule is COCCC1CN(c2ncnc3sc4c(c23)CCNC4)CCO1. The summed E-state index contributed by atoms with van der Waals surface area (Å²) in [6.45, 7) is 5.23. The Labute approximate surface area is 139 Å². The molecule has 2 aromatic rings. The van der Waals surface area contributed by atoms with Gasteiger partial charge in [-0.2, -0.15) is 0 Å². The summed E-state index contributed by atoms with van der Waals surface area (Å²) < 4.78 is 11.1. The predicted molar refractivity (Wildman–Crippen MR) is 91.3 cm³/mol. The van der Waals surface area contributed by atoms with Crippen LogP contribution in [0, 0.1) is 0 Å². The summed E-state index contributed by atoms with van der Waals surface area (Å²) >= 11 is 1.80. The van der Waals surface area contributed by atoms with E-state index in [0.29, 0.717) is 0 Å². The Hall–Kier alpha value is -1.28. The molecule has 7 heteroatoms. The summed E-state index contributed by atoms with van der Waals surface area (Å²) in [7, 11) is 1.74. The van der Waals surface area contributed by atoms with Gasteiger partial charge >= 0.3 is 0 Å². The molecule has 0 bridgehead atoms. The fourth-order valence-electron chi connectivity index (χ4n) is 3.42. The van der Waals surface area contributed by atoms with Crippen LogP contribution in [0.15, 0.2) is 6.33 Å². The fourth-order valence-corrected chi connectivity index (χ4v) is 4.57. The van der Waals surface area contributed by atoms with Crippen molar-refractivity contribution in [2.75, 3.05) is 44.9 Å². The second-order valence-corrected chi connectivity index (χ2v) is 7.11. The van der Waals surface area contributed by atoms with Gasteiger partial charge in [-0.1, -0.05) is 0 Å². The molecular formula is C16H22N4O2S. The molecule has 0 aromatic carbocycles. The van der Waals surface area contributed by atoms with Crippen molar-refractivity contribution in [2.24, 2.45) is 0 Å². The van der Waals surface area contributed by atoms with Gasteiger partial charge in [0.2, 0.25) is 0 Å². The van der Waals surface area contributed by atoms with Crippen molar-refractivity contribution < 1.29 is 9.47 Å². The number of methoxy groups -OCH3 is 1. The first-order valence-corrected chi connectivity index (χ1v) is 9.00. The highest BCUT2D eigenvalue weighted by atomic mass is 32.1. The number of morpholine rings is 1. The number of hydrogen-bond acceptors (Lipinski definition) is 7. The Bertz CT molecular complexity index is 690. The van der Waals surface area contributed by atoms with Gasteiger partial charge in [0.1, 0.15) is 17.0 Å². The molecule has 6 nitrogen and oxygen atoms in total. The number of hydrogen-bond donors (Lipinski definition) is 1. The van der Waals surface area contributed by atoms with E-state index in [1.54, 1.807) is 24.8 Å². The van der Waals surface area contributed by atoms with Crippen LogP contribution >= 0.6 is 11.3 Å². The average molecular weight is 334 g/mol. The number of thiophene rings is 1. The van der Waals surface area contributed by atoms with Crippen LogP contribution in [0.4, 0.5) is 5.82 Å². The van der Waals surface area contributed by atoms with E-state index in [9.17, 15) is 0 Å². The third kappa shape index (κ3) is 2.94. The highest BCUT2D eigenvalue weighted by molar-refractivity contribution is 7.19. The second kappa shape index (κ2) is 6.68. The van der Waals surface area contributed by atoms with Gasteiger partial charge in [0.25, 0.3) is 0 Å². The van der Waals surface area contributed by atoms with Crippen molar-refractivity contribution in [3.05, 3.63) is 16.8 Å². The van der Waals surface area contributed by atoms with Crippen LogP contribution in [0.2, 0.25) is 0 Å². The fraction of sp³-hybridized carbons (Fsp3) is 0.625. The van der Waals surface area contributed by atoms with Crippen LogP contribution in [-0.2, 0) is 22.4 Å². The van der Waals surface area contributed by atoms with E-state index in [2.05, 4.69) is 20.2 Å². The average Bonchev–Trinajstić information content (AvgIpc) is 2.99. The highest BCUT2D eigenvalue weighted by Gasteiger charge is 2.26. The molecule has 124 valence electrons. The first-order valence-electron chi connectivity index (χ1n) is 8.18. The van der Waals surface area contributed by atoms with E-state index in [1.165, 1.54) is 15.8 Å². The molecule has 4 rings (SSSR count). The molecule has 0 spiro atoms. The summed E-state index contributed by atoms with van der Waals surface area (Å²) in [5.74, 6) is 1.08. The van der Waals surface area contributed by atoms with Crippen molar-refractivity contribution in [1.82, 2.24) is 15.3 Å². The van der Waals surface area contributed by atoms with E-state index in [0.717, 1.165) is 62.9 Å². The van der Waals surface area contributed by atoms with Gasteiger partial charge in [-0.15, -0.1) is 11.3 Å². The maximum atomic E-state index is 5.87. The first kappa shape index (κ1) is 15.3. The number of nitrogens with zero attached hydrogens (tertiary/aromatic N) is 3. The molecule has 0 aliphatic carbocycles. The number of rotatable bonds is 4. The molecule has 2 aliphatic rings. The zero-order valence-electron chi connectivity index (χ0n) is 13.4. The lowest BCUT2D eigenvalue weighted by Crippen LogP contribution is -2.43. The lowest BCUT2D eigenvalue weighted by Gasteiger charge is -2.34. The zero-order chi connectivity index (χ0) is 15.6. The molecule has 4 heterocycles. The lowest BCUT2D eigenvalue weighted by atomic mass is 10.1. The number of ether oxygens (including phenoxy) is 2. The number of anilines is 1. The summed E-state index contributed by atoms with van der Waals surface area (Å²) in [5, 5.41) is 4.71. The Morgan fingerprint density at radius 1 is 1.48 bits per heavy atom. The molecule has 1 N–H and O–H groups in total. The maximum Gasteiger partial charge on any atom is 0.141 e. The Morgan fingerprint density at radius 2 is 2.43 bits per heavy atom. The van der Waals surface area contributed by atoms with Gasteiger partial charge in [-0.05, 0) is 24.9 Å². The second-order valence-electron chi connectivity index (χ2n) is 6.03. The van der Waals surface area contributed by atoms with Crippen LogP contribution in [0.5, 0.6) is 0 Å². The molecule has 1 saturated heterocycles. The molecular weight excluding hydrogens is 312 g/mol. The van der Waals surface area contributed by atoms with Crippen molar-refractivity contribution in [1.29, 1.82) is 0 Å². The third-order valence-electron chi connectivity index (χ3n) is 4.57. The summed E-state index contributed by atoms with van der Waals surface area (Å²) in [6, 6.07) is 0. The monoisotopic (exact) mass is 334 g/mol. The van der Waals surface area contributed by atoms with Crippen molar-refractivity contribution >= 4 is 27.4 Å². The van der Waals surface area contributed by atoms with Crippen LogP contribution in [-0.4, -0.2) is 56.0 Å². The number of fused-ring (bicyclic) bond motifs is 3. The van der Waals surface area contributed by atoms with Crippen molar-refractivity contribution in [3.63, 3.8) is 0 Å². The molecule has 1 unspecified atom stereocenters. The maximum absolute atomic E-state index is 5.87. The molecule has 0 saturated carbocycles. The zero-order valence-corrected chi connectivity index (χ0v) is 14.2. The van der Waals surface area contributed by atoms with Crippen molar-refractivity contribution in [2.45, 2.75) is 25.5 Å². The lowest BCUT2D eigenvalue weighted by molar-refractivity contribution is 0.0190. The van der Waals surface area contributed by atoms with Crippen molar-refractivity contribution in [3.8, 4) is 0 Å². The topological polar surface area (TPSA) is 59.5 Å². The van der Waals surface area contributed by atoms with Gasteiger partial charge in [-0.25, -0.2) is 9.97 Å². The quantitative estimate of drug-likeness (QED) is 0.916. The number of nitrogens with one attached hydrogen (secondary N) is 1. The van der Waals surface area contributed by atoms with Gasteiger partial charge in [0, 0.05) is 38.2 Å². The Morgan fingerprint density at radius 3 is 3.35 bits per heavy atom. The van der Waals surface area contributed by atoms with Crippen LogP contribution < -0.4 is 10.2 Å². The largest absolute Gasteiger partial charge is 0.385 e. The third-order valence-corrected chi connectivity index (χ3v) is 5.71. The van der Waals surface area contributed by atoms with E-state index in [-0.39, 0.29) is 6.10 Å². The predicted octanol–water partition coefficient (Wildman–Crippen LogP) is 1.58. The van der Waals surface area contributed by atoms with E-state index in [1.807, 2.05) is 0 Å². The molecule has 2 aliphatic heterocycles. The summed E-state index contributed by atoms with van der Waals surface area (Å²) in [5.41, 5.74) is 1.44. The van der Waals surface area contributed by atoms with Gasteiger partial charge in [-0.3, -0.25) is 0 Å². The Kier molecular flexibility index (Phi) is 4.43. The molecule has 2 aromatic heterocycles. The molecule has 0 amide bonds. The molecule has 1 atom stereocenters. The van der Waals surface area contributed by atoms with Crippen LogP contribution in [0.1, 0.15) is 16.9 Å². The summed E-state index contributed by atoms with van der Waals surface area (Å²) in [4.78, 5) is 14.0. The van der Waals surface area contributed by atoms with Gasteiger partial charge in [0.15, 0.2) is 0 Å². The van der Waals surface area contributed by atoms with Gasteiger partial charge in [0.05, 0.1) is 18.1 Å². The molecule has 0 radical (unpaired) electrons. The first-order chi connectivity index (χ1) is 11.4. The van der Waals surface area contributed by atoms with E-state index >= 15 is 0 Å². The normalized spacial score (nSPS) is 21.6. The molecule has 23 heavy (non-hydrogen) atoms. The minimum absolute atomic E-state index is 0.213. The highest BCUT2D eigenvalue weighted by Crippen LogP contribution is 2.37. The van der Waals surface area contributed by atoms with Gasteiger partial charge < -0.3 is 19.7 Å². The van der Waals surface area contributed by atoms with E-state index in [4.69, 9.17) is 9.47 Å². The van der Waals surface area contributed by atoms with Crippen LogP contribution in [0.25, 0.3) is 10.2 Å². The van der Waals surface area contributed by atoms with Crippen LogP contribution in [0.3, 0.4) is 0 Å². The minimum Gasteiger partial charge on any atom is -0.385 e. The number of aromatic nitrogens is 2. The Balaban J connectivity index is 1.66. The smallest absolute Gasteiger partial charge is 0.141 e. The minimum atomic E-state index is 0.213. The summed E-state index contributed by atoms with van der Waals surface area (Å²) in [6.07, 6.45) is 3.90. The molecule has 1 fully saturated rings. The van der Waals surface area contributed by atoms with E-state index < -0.39 is 0 Å².